The molecule has 102 valence electrons. The number of nitrogens with zero attached hydrogens (tertiary/aromatic N) is 1. The summed E-state index contributed by atoms with van der Waals surface area (Å²) in [6.45, 7) is 8.36. The van der Waals surface area contributed by atoms with E-state index in [0.717, 1.165) is 12.8 Å². The minimum Gasteiger partial charge on any atom is -0.297 e. The summed E-state index contributed by atoms with van der Waals surface area (Å²) in [4.78, 5) is 26.7. The van der Waals surface area contributed by atoms with Gasteiger partial charge in [0.25, 0.3) is 5.56 Å². The topological polar surface area (TPSA) is 54.9 Å². The fourth-order valence-electron chi connectivity index (χ4n) is 2.03. The highest BCUT2D eigenvalue weighted by Crippen LogP contribution is 2.17. The third-order valence-electron chi connectivity index (χ3n) is 3.35. The van der Waals surface area contributed by atoms with Gasteiger partial charge in [-0.3, -0.25) is 14.3 Å². The summed E-state index contributed by atoms with van der Waals surface area (Å²) >= 11 is 5.94. The molecule has 0 saturated carbocycles. The van der Waals surface area contributed by atoms with Crippen molar-refractivity contribution in [3.63, 3.8) is 0 Å². The number of aromatic nitrogens is 2. The van der Waals surface area contributed by atoms with E-state index in [1.807, 2.05) is 13.8 Å². The molecule has 4 nitrogen and oxygen atoms in total. The van der Waals surface area contributed by atoms with Crippen molar-refractivity contribution in [1.29, 1.82) is 0 Å². The van der Waals surface area contributed by atoms with E-state index < -0.39 is 5.69 Å². The number of hydrogen-bond donors (Lipinski definition) is 1. The average Bonchev–Trinajstić information content (AvgIpc) is 2.28. The standard InChI is InChI=1S/C13H21ClN2O2/c1-5-9(6-2)7-16-12(17)10(8(3)4)11(14)15-13(16)18/h8-9H,5-7H2,1-4H3,(H,15,18). The first-order chi connectivity index (χ1) is 8.42. The van der Waals surface area contributed by atoms with Crippen molar-refractivity contribution in [1.82, 2.24) is 9.55 Å². The second kappa shape index (κ2) is 6.23. The van der Waals surface area contributed by atoms with E-state index >= 15 is 0 Å². The predicted molar refractivity (Wildman–Crippen MR) is 74.5 cm³/mol. The average molecular weight is 273 g/mol. The van der Waals surface area contributed by atoms with Crippen LogP contribution < -0.4 is 11.2 Å². The van der Waals surface area contributed by atoms with Crippen LogP contribution in [0.2, 0.25) is 5.15 Å². The zero-order valence-electron chi connectivity index (χ0n) is 11.4. The maximum absolute atomic E-state index is 12.3. The largest absolute Gasteiger partial charge is 0.329 e. The summed E-state index contributed by atoms with van der Waals surface area (Å²) in [7, 11) is 0. The Morgan fingerprint density at radius 1 is 1.22 bits per heavy atom. The van der Waals surface area contributed by atoms with Gasteiger partial charge in [0.15, 0.2) is 0 Å². The molecule has 5 heteroatoms. The first-order valence-corrected chi connectivity index (χ1v) is 6.82. The van der Waals surface area contributed by atoms with Gasteiger partial charge in [0.1, 0.15) is 5.15 Å². The fraction of sp³-hybridized carbons (Fsp3) is 0.692. The van der Waals surface area contributed by atoms with Crippen molar-refractivity contribution in [2.45, 2.75) is 53.0 Å². The molecule has 0 radical (unpaired) electrons. The van der Waals surface area contributed by atoms with Crippen LogP contribution in [-0.4, -0.2) is 9.55 Å². The van der Waals surface area contributed by atoms with E-state index in [-0.39, 0.29) is 16.6 Å². The van der Waals surface area contributed by atoms with Crippen LogP contribution in [0.5, 0.6) is 0 Å². The van der Waals surface area contributed by atoms with E-state index in [1.165, 1.54) is 4.57 Å². The molecule has 0 bridgehead atoms. The Balaban J connectivity index is 3.32. The molecule has 0 saturated heterocycles. The summed E-state index contributed by atoms with van der Waals surface area (Å²) in [6, 6.07) is 0. The van der Waals surface area contributed by atoms with Gasteiger partial charge in [-0.15, -0.1) is 0 Å². The third kappa shape index (κ3) is 3.05. The minimum absolute atomic E-state index is 0.00481. The van der Waals surface area contributed by atoms with Gasteiger partial charge in [-0.1, -0.05) is 52.1 Å². The predicted octanol–water partition coefficient (Wildman–Crippen LogP) is 2.75. The van der Waals surface area contributed by atoms with Gasteiger partial charge in [-0.25, -0.2) is 4.79 Å². The normalized spacial score (nSPS) is 11.5. The molecule has 0 unspecified atom stereocenters. The molecule has 0 aromatic carbocycles. The van der Waals surface area contributed by atoms with Crippen molar-refractivity contribution in [2.24, 2.45) is 5.92 Å². The van der Waals surface area contributed by atoms with Gasteiger partial charge in [0.05, 0.1) is 5.56 Å². The molecule has 1 aromatic heterocycles. The van der Waals surface area contributed by atoms with Crippen LogP contribution in [0.15, 0.2) is 9.59 Å². The molecule has 1 heterocycles. The molecule has 0 aliphatic rings. The summed E-state index contributed by atoms with van der Waals surface area (Å²) in [6.07, 6.45) is 1.89. The molecule has 0 aliphatic heterocycles. The fourth-order valence-corrected chi connectivity index (χ4v) is 2.41. The lowest BCUT2D eigenvalue weighted by molar-refractivity contribution is 0.400. The Kier molecular flexibility index (Phi) is 5.20. The first-order valence-electron chi connectivity index (χ1n) is 6.44. The van der Waals surface area contributed by atoms with Crippen molar-refractivity contribution in [3.8, 4) is 0 Å². The molecule has 0 spiro atoms. The van der Waals surface area contributed by atoms with E-state index in [1.54, 1.807) is 0 Å². The maximum atomic E-state index is 12.3. The van der Waals surface area contributed by atoms with Gasteiger partial charge in [-0.2, -0.15) is 0 Å². The molecular weight excluding hydrogens is 252 g/mol. The Morgan fingerprint density at radius 3 is 2.22 bits per heavy atom. The second-order valence-corrected chi connectivity index (χ2v) is 5.29. The summed E-state index contributed by atoms with van der Waals surface area (Å²) in [5, 5.41) is 0.167. The Bertz CT molecular complexity index is 513. The SMILES string of the molecule is CCC(CC)Cn1c(=O)[nH]c(Cl)c(C(C)C)c1=O. The van der Waals surface area contributed by atoms with Crippen molar-refractivity contribution in [2.75, 3.05) is 0 Å². The molecule has 1 N–H and O–H groups in total. The van der Waals surface area contributed by atoms with Crippen LogP contribution in [0.25, 0.3) is 0 Å². The van der Waals surface area contributed by atoms with Gasteiger partial charge < -0.3 is 0 Å². The van der Waals surface area contributed by atoms with E-state index in [4.69, 9.17) is 11.6 Å². The molecule has 0 aliphatic carbocycles. The van der Waals surface area contributed by atoms with Crippen LogP contribution in [0.4, 0.5) is 0 Å². The smallest absolute Gasteiger partial charge is 0.297 e. The van der Waals surface area contributed by atoms with Crippen molar-refractivity contribution in [3.05, 3.63) is 31.6 Å². The lowest BCUT2D eigenvalue weighted by Gasteiger charge is -2.15. The summed E-state index contributed by atoms with van der Waals surface area (Å²) in [5.74, 6) is 0.333. The highest BCUT2D eigenvalue weighted by molar-refractivity contribution is 6.30. The molecule has 0 atom stereocenters. The van der Waals surface area contributed by atoms with Crippen LogP contribution in [0, 0.1) is 5.92 Å². The number of aromatic amines is 1. The van der Waals surface area contributed by atoms with Gasteiger partial charge >= 0.3 is 5.69 Å². The van der Waals surface area contributed by atoms with Crippen LogP contribution in [0.3, 0.4) is 0 Å². The second-order valence-electron chi connectivity index (χ2n) is 4.91. The highest BCUT2D eigenvalue weighted by Gasteiger charge is 2.17. The molecular formula is C13H21ClN2O2. The Morgan fingerprint density at radius 2 is 1.78 bits per heavy atom. The quantitative estimate of drug-likeness (QED) is 0.838. The monoisotopic (exact) mass is 272 g/mol. The van der Waals surface area contributed by atoms with Crippen LogP contribution in [0.1, 0.15) is 52.0 Å². The van der Waals surface area contributed by atoms with E-state index in [9.17, 15) is 9.59 Å². The number of hydrogen-bond acceptors (Lipinski definition) is 2. The molecule has 1 aromatic rings. The Hall–Kier alpha value is -1.03. The molecule has 1 rings (SSSR count). The van der Waals surface area contributed by atoms with Gasteiger partial charge in [0, 0.05) is 6.54 Å². The highest BCUT2D eigenvalue weighted by atomic mass is 35.5. The van der Waals surface area contributed by atoms with Crippen LogP contribution in [-0.2, 0) is 6.54 Å². The van der Waals surface area contributed by atoms with Gasteiger partial charge in [0.2, 0.25) is 0 Å². The lowest BCUT2D eigenvalue weighted by Crippen LogP contribution is -2.39. The number of nitrogens with one attached hydrogen (secondary N) is 1. The van der Waals surface area contributed by atoms with Crippen molar-refractivity contribution >= 4 is 11.6 Å². The maximum Gasteiger partial charge on any atom is 0.329 e. The van der Waals surface area contributed by atoms with Crippen LogP contribution >= 0.6 is 11.6 Å². The number of halogens is 1. The van der Waals surface area contributed by atoms with E-state index in [2.05, 4.69) is 18.8 Å². The van der Waals surface area contributed by atoms with Crippen molar-refractivity contribution < 1.29 is 0 Å². The molecule has 18 heavy (non-hydrogen) atoms. The summed E-state index contributed by atoms with van der Waals surface area (Å²) < 4.78 is 1.28. The first kappa shape index (κ1) is 15.0. The number of rotatable bonds is 5. The Labute approximate surface area is 112 Å². The zero-order chi connectivity index (χ0) is 13.9. The third-order valence-corrected chi connectivity index (χ3v) is 3.64. The number of H-pyrrole nitrogens is 1. The minimum atomic E-state index is -0.415. The zero-order valence-corrected chi connectivity index (χ0v) is 12.2. The lowest BCUT2D eigenvalue weighted by atomic mass is 10.0. The van der Waals surface area contributed by atoms with E-state index in [0.29, 0.717) is 18.0 Å². The molecule has 0 amide bonds. The summed E-state index contributed by atoms with van der Waals surface area (Å²) in [5.41, 5.74) is -0.186. The van der Waals surface area contributed by atoms with Gasteiger partial charge in [-0.05, 0) is 11.8 Å². The molecule has 0 fully saturated rings.